The largest absolute Gasteiger partial charge is 0.461 e. The Labute approximate surface area is 95.4 Å². The second-order valence-electron chi connectivity index (χ2n) is 2.45. The van der Waals surface area contributed by atoms with Crippen LogP contribution in [0.2, 0.25) is 4.34 Å². The van der Waals surface area contributed by atoms with Gasteiger partial charge in [0.15, 0.2) is 5.69 Å². The van der Waals surface area contributed by atoms with Gasteiger partial charge in [0, 0.05) is 0 Å². The molecule has 0 spiro atoms. The van der Waals surface area contributed by atoms with Crippen LogP contribution < -0.4 is 5.32 Å². The first kappa shape index (κ1) is 11.9. The van der Waals surface area contributed by atoms with Gasteiger partial charge in [0.2, 0.25) is 6.41 Å². The molecule has 1 aromatic heterocycles. The third-order valence-corrected chi connectivity index (χ3v) is 2.69. The van der Waals surface area contributed by atoms with Crippen molar-refractivity contribution in [1.29, 1.82) is 0 Å². The normalized spacial score (nSPS) is 9.73. The summed E-state index contributed by atoms with van der Waals surface area (Å²) in [4.78, 5) is 25.3. The van der Waals surface area contributed by atoms with Crippen LogP contribution in [0.1, 0.15) is 22.4 Å². The molecular formula is C8H9ClN2O3S. The monoisotopic (exact) mass is 248 g/mol. The highest BCUT2D eigenvalue weighted by molar-refractivity contribution is 7.16. The summed E-state index contributed by atoms with van der Waals surface area (Å²) in [7, 11) is 0. The Balaban J connectivity index is 2.76. The molecular weight excluding hydrogens is 240 g/mol. The summed E-state index contributed by atoms with van der Waals surface area (Å²) >= 11 is 6.93. The highest BCUT2D eigenvalue weighted by Crippen LogP contribution is 2.24. The number of hydrogen-bond donors (Lipinski definition) is 1. The number of nitrogens with zero attached hydrogens (tertiary/aromatic N) is 1. The third kappa shape index (κ3) is 3.17. The lowest BCUT2D eigenvalue weighted by atomic mass is 10.5. The lowest BCUT2D eigenvalue weighted by Gasteiger charge is -1.97. The van der Waals surface area contributed by atoms with Crippen LogP contribution in [0.3, 0.4) is 0 Å². The molecule has 0 unspecified atom stereocenters. The van der Waals surface area contributed by atoms with Gasteiger partial charge in [-0.25, -0.2) is 9.78 Å². The van der Waals surface area contributed by atoms with E-state index in [2.05, 4.69) is 10.3 Å². The van der Waals surface area contributed by atoms with Crippen molar-refractivity contribution in [2.24, 2.45) is 0 Å². The highest BCUT2D eigenvalue weighted by Gasteiger charge is 2.17. The zero-order valence-electron chi connectivity index (χ0n) is 7.95. The van der Waals surface area contributed by atoms with Crippen molar-refractivity contribution in [3.63, 3.8) is 0 Å². The molecule has 0 saturated carbocycles. The van der Waals surface area contributed by atoms with Gasteiger partial charge in [-0.2, -0.15) is 0 Å². The van der Waals surface area contributed by atoms with Crippen LogP contribution in [-0.4, -0.2) is 24.0 Å². The van der Waals surface area contributed by atoms with Gasteiger partial charge < -0.3 is 10.1 Å². The topological polar surface area (TPSA) is 68.3 Å². The number of thiazole rings is 1. The van der Waals surface area contributed by atoms with Crippen molar-refractivity contribution in [3.8, 4) is 0 Å². The van der Waals surface area contributed by atoms with E-state index in [9.17, 15) is 9.59 Å². The van der Waals surface area contributed by atoms with E-state index in [0.717, 1.165) is 11.3 Å². The van der Waals surface area contributed by atoms with E-state index in [1.165, 1.54) is 0 Å². The fourth-order valence-corrected chi connectivity index (χ4v) is 1.98. The van der Waals surface area contributed by atoms with Gasteiger partial charge in [0.25, 0.3) is 0 Å². The summed E-state index contributed by atoms with van der Waals surface area (Å²) in [5, 5.41) is 3.00. The minimum Gasteiger partial charge on any atom is -0.461 e. The number of carbonyl (C=O) groups is 2. The van der Waals surface area contributed by atoms with Crippen molar-refractivity contribution in [2.75, 3.05) is 6.61 Å². The smallest absolute Gasteiger partial charge is 0.359 e. The Kier molecular flexibility index (Phi) is 4.51. The van der Waals surface area contributed by atoms with E-state index in [1.54, 1.807) is 6.92 Å². The van der Waals surface area contributed by atoms with Crippen LogP contribution >= 0.6 is 22.9 Å². The van der Waals surface area contributed by atoms with Crippen molar-refractivity contribution in [1.82, 2.24) is 10.3 Å². The molecule has 1 N–H and O–H groups in total. The SMILES string of the molecule is CCOC(=O)c1nc(CNC=O)sc1Cl. The number of halogens is 1. The number of hydrogen-bond acceptors (Lipinski definition) is 5. The fourth-order valence-electron chi connectivity index (χ4n) is 0.873. The Bertz CT molecular complexity index is 367. The Morgan fingerprint density at radius 1 is 1.73 bits per heavy atom. The number of ether oxygens (including phenoxy) is 1. The van der Waals surface area contributed by atoms with Crippen LogP contribution in [-0.2, 0) is 16.1 Å². The summed E-state index contributed by atoms with van der Waals surface area (Å²) in [6.07, 6.45) is 0.555. The zero-order valence-corrected chi connectivity index (χ0v) is 9.52. The molecule has 0 bridgehead atoms. The summed E-state index contributed by atoms with van der Waals surface area (Å²) in [5.74, 6) is -0.545. The number of rotatable bonds is 5. The Morgan fingerprint density at radius 3 is 3.07 bits per heavy atom. The maximum absolute atomic E-state index is 11.3. The molecule has 1 heterocycles. The van der Waals surface area contributed by atoms with Gasteiger partial charge in [-0.15, -0.1) is 11.3 Å². The first-order valence-corrected chi connectivity index (χ1v) is 5.37. The quantitative estimate of drug-likeness (QED) is 0.628. The minimum absolute atomic E-state index is 0.103. The van der Waals surface area contributed by atoms with Gasteiger partial charge in [0.1, 0.15) is 9.34 Å². The van der Waals surface area contributed by atoms with E-state index in [4.69, 9.17) is 16.3 Å². The van der Waals surface area contributed by atoms with E-state index >= 15 is 0 Å². The van der Waals surface area contributed by atoms with Crippen molar-refractivity contribution in [3.05, 3.63) is 15.0 Å². The van der Waals surface area contributed by atoms with E-state index < -0.39 is 5.97 Å². The number of esters is 1. The molecule has 0 atom stereocenters. The lowest BCUT2D eigenvalue weighted by molar-refractivity contribution is -0.109. The third-order valence-electron chi connectivity index (χ3n) is 1.44. The molecule has 0 aliphatic heterocycles. The second kappa shape index (κ2) is 5.67. The van der Waals surface area contributed by atoms with Crippen LogP contribution in [0, 0.1) is 0 Å². The van der Waals surface area contributed by atoms with E-state index in [-0.39, 0.29) is 23.2 Å². The molecule has 1 amide bonds. The highest BCUT2D eigenvalue weighted by atomic mass is 35.5. The number of amides is 1. The Morgan fingerprint density at radius 2 is 2.47 bits per heavy atom. The molecule has 1 aromatic rings. The van der Waals surface area contributed by atoms with E-state index in [0.29, 0.717) is 11.4 Å². The minimum atomic E-state index is -0.545. The molecule has 0 aliphatic rings. The predicted octanol–water partition coefficient (Wildman–Crippen LogP) is 1.22. The van der Waals surface area contributed by atoms with Crippen LogP contribution in [0.4, 0.5) is 0 Å². The van der Waals surface area contributed by atoms with Crippen molar-refractivity contribution < 1.29 is 14.3 Å². The summed E-state index contributed by atoms with van der Waals surface area (Å²) < 4.78 is 5.03. The molecule has 0 aliphatic carbocycles. The van der Waals surface area contributed by atoms with Crippen LogP contribution in [0.25, 0.3) is 0 Å². The Hall–Kier alpha value is -1.14. The molecule has 0 saturated heterocycles. The van der Waals surface area contributed by atoms with Crippen LogP contribution in [0.15, 0.2) is 0 Å². The second-order valence-corrected chi connectivity index (χ2v) is 4.13. The molecule has 0 fully saturated rings. The van der Waals surface area contributed by atoms with Gasteiger partial charge >= 0.3 is 5.97 Å². The maximum atomic E-state index is 11.3. The zero-order chi connectivity index (χ0) is 11.3. The van der Waals surface area contributed by atoms with Gasteiger partial charge in [-0.3, -0.25) is 4.79 Å². The fraction of sp³-hybridized carbons (Fsp3) is 0.375. The van der Waals surface area contributed by atoms with Crippen molar-refractivity contribution >= 4 is 35.3 Å². The number of aromatic nitrogens is 1. The summed E-state index contributed by atoms with van der Waals surface area (Å²) in [5.41, 5.74) is 0.103. The number of carbonyl (C=O) groups excluding carboxylic acids is 2. The predicted molar refractivity (Wildman–Crippen MR) is 56.0 cm³/mol. The van der Waals surface area contributed by atoms with Gasteiger partial charge in [-0.1, -0.05) is 11.6 Å². The molecule has 5 nitrogen and oxygen atoms in total. The van der Waals surface area contributed by atoms with Crippen LogP contribution in [0.5, 0.6) is 0 Å². The molecule has 7 heteroatoms. The summed E-state index contributed by atoms with van der Waals surface area (Å²) in [6.45, 7) is 2.23. The first-order valence-electron chi connectivity index (χ1n) is 4.18. The molecule has 15 heavy (non-hydrogen) atoms. The maximum Gasteiger partial charge on any atom is 0.359 e. The standard InChI is InChI=1S/C8H9ClN2O3S/c1-2-14-8(13)6-7(9)15-5(11-6)3-10-4-12/h4H,2-3H2,1H3,(H,10,12). The van der Waals surface area contributed by atoms with E-state index in [1.807, 2.05) is 0 Å². The molecule has 0 aromatic carbocycles. The average molecular weight is 249 g/mol. The van der Waals surface area contributed by atoms with Gasteiger partial charge in [-0.05, 0) is 6.92 Å². The average Bonchev–Trinajstić information content (AvgIpc) is 2.57. The first-order chi connectivity index (χ1) is 7.19. The van der Waals surface area contributed by atoms with Crippen molar-refractivity contribution in [2.45, 2.75) is 13.5 Å². The molecule has 0 radical (unpaired) electrons. The summed E-state index contributed by atoms with van der Waals surface area (Å²) in [6, 6.07) is 0. The van der Waals surface area contributed by atoms with Gasteiger partial charge in [0.05, 0.1) is 13.2 Å². The number of nitrogens with one attached hydrogen (secondary N) is 1. The lowest BCUT2D eigenvalue weighted by Crippen LogP contribution is -2.10. The molecule has 1 rings (SSSR count). The molecule has 82 valence electrons.